The minimum Gasteiger partial charge on any atom is -0.478 e. The predicted molar refractivity (Wildman–Crippen MR) is 76.4 cm³/mol. The Balaban J connectivity index is 3.21. The van der Waals surface area contributed by atoms with Crippen molar-refractivity contribution in [3.05, 3.63) is 23.4 Å². The third-order valence-corrected chi connectivity index (χ3v) is 2.77. The average molecular weight is 260 g/mol. The van der Waals surface area contributed by atoms with Crippen LogP contribution in [0.15, 0.2) is 12.1 Å². The molecule has 19 heavy (non-hydrogen) atoms. The van der Waals surface area contributed by atoms with Gasteiger partial charge in [0.2, 0.25) is 0 Å². The maximum Gasteiger partial charge on any atom is 0.335 e. The average Bonchev–Trinajstić information content (AvgIpc) is 2.34. The second-order valence-corrected chi connectivity index (χ2v) is 5.45. The summed E-state index contributed by atoms with van der Waals surface area (Å²) >= 11 is 0. The van der Waals surface area contributed by atoms with Gasteiger partial charge in [-0.2, -0.15) is 0 Å². The molecule has 4 nitrogen and oxygen atoms in total. The number of rotatable bonds is 4. The smallest absolute Gasteiger partial charge is 0.335 e. The van der Waals surface area contributed by atoms with Crippen molar-refractivity contribution in [2.24, 2.45) is 0 Å². The van der Waals surface area contributed by atoms with E-state index in [1.165, 1.54) is 6.07 Å². The summed E-state index contributed by atoms with van der Waals surface area (Å²) in [5.74, 6) is 2.15. The zero-order valence-corrected chi connectivity index (χ0v) is 11.8. The molecule has 0 aromatic carbocycles. The van der Waals surface area contributed by atoms with Crippen molar-refractivity contribution in [2.45, 2.75) is 45.6 Å². The summed E-state index contributed by atoms with van der Waals surface area (Å²) in [6.07, 6.45) is 6.15. The maximum absolute atomic E-state index is 11.2. The maximum atomic E-state index is 11.2. The van der Waals surface area contributed by atoms with Gasteiger partial charge < -0.3 is 10.4 Å². The van der Waals surface area contributed by atoms with Gasteiger partial charge in [0.05, 0.1) is 11.6 Å². The molecular weight excluding hydrogens is 240 g/mol. The van der Waals surface area contributed by atoms with E-state index >= 15 is 0 Å². The van der Waals surface area contributed by atoms with Crippen LogP contribution in [0.1, 0.15) is 50.2 Å². The first kappa shape index (κ1) is 15.0. The van der Waals surface area contributed by atoms with Crippen molar-refractivity contribution in [2.75, 3.05) is 5.32 Å². The van der Waals surface area contributed by atoms with E-state index in [1.807, 2.05) is 27.7 Å². The SMILES string of the molecule is C#CC(CC)Nc1cc(C(=O)O)cc(C(C)(C)C)n1. The molecule has 2 N–H and O–H groups in total. The highest BCUT2D eigenvalue weighted by molar-refractivity contribution is 5.88. The van der Waals surface area contributed by atoms with Crippen molar-refractivity contribution in [3.8, 4) is 12.3 Å². The number of aromatic carboxylic acids is 1. The molecule has 0 aliphatic carbocycles. The molecule has 1 aromatic heterocycles. The lowest BCUT2D eigenvalue weighted by Gasteiger charge is -2.20. The highest BCUT2D eigenvalue weighted by Crippen LogP contribution is 2.23. The monoisotopic (exact) mass is 260 g/mol. The molecule has 1 heterocycles. The number of carboxylic acid groups (broad SMARTS) is 1. The van der Waals surface area contributed by atoms with Crippen molar-refractivity contribution in [3.63, 3.8) is 0 Å². The second-order valence-electron chi connectivity index (χ2n) is 5.45. The summed E-state index contributed by atoms with van der Waals surface area (Å²) in [5.41, 5.74) is 0.718. The van der Waals surface area contributed by atoms with E-state index < -0.39 is 5.97 Å². The van der Waals surface area contributed by atoms with Gasteiger partial charge in [0.15, 0.2) is 0 Å². The van der Waals surface area contributed by atoms with E-state index in [0.717, 1.165) is 12.1 Å². The summed E-state index contributed by atoms with van der Waals surface area (Å²) in [5, 5.41) is 12.2. The first-order valence-electron chi connectivity index (χ1n) is 6.26. The molecule has 0 aliphatic heterocycles. The Hall–Kier alpha value is -2.02. The van der Waals surface area contributed by atoms with Crippen LogP contribution >= 0.6 is 0 Å². The molecule has 0 fully saturated rings. The van der Waals surface area contributed by atoms with Crippen LogP contribution in [0.3, 0.4) is 0 Å². The fraction of sp³-hybridized carbons (Fsp3) is 0.467. The third-order valence-electron chi connectivity index (χ3n) is 2.77. The standard InChI is InChI=1S/C15H20N2O2/c1-6-11(7-2)16-13-9-10(14(18)19)8-12(17-13)15(3,4)5/h1,8-9,11H,7H2,2-5H3,(H,16,17)(H,18,19). The number of aromatic nitrogens is 1. The fourth-order valence-electron chi connectivity index (χ4n) is 1.55. The molecule has 1 unspecified atom stereocenters. The van der Waals surface area contributed by atoms with E-state index in [1.54, 1.807) is 6.07 Å². The number of anilines is 1. The molecule has 0 spiro atoms. The van der Waals surface area contributed by atoms with Crippen LogP contribution in [0.2, 0.25) is 0 Å². The highest BCUT2D eigenvalue weighted by Gasteiger charge is 2.19. The molecule has 4 heteroatoms. The molecular formula is C15H20N2O2. The second kappa shape index (κ2) is 5.75. The molecule has 1 aromatic rings. The van der Waals surface area contributed by atoms with Crippen LogP contribution in [0.25, 0.3) is 0 Å². The first-order valence-corrected chi connectivity index (χ1v) is 6.26. The van der Waals surface area contributed by atoms with Gasteiger partial charge in [-0.3, -0.25) is 0 Å². The molecule has 0 amide bonds. The van der Waals surface area contributed by atoms with E-state index in [4.69, 9.17) is 11.5 Å². The Labute approximate surface area is 114 Å². The van der Waals surface area contributed by atoms with Gasteiger partial charge in [-0.15, -0.1) is 6.42 Å². The van der Waals surface area contributed by atoms with Crippen molar-refractivity contribution in [1.82, 2.24) is 4.98 Å². The van der Waals surface area contributed by atoms with Crippen molar-refractivity contribution in [1.29, 1.82) is 0 Å². The number of nitrogens with one attached hydrogen (secondary N) is 1. The lowest BCUT2D eigenvalue weighted by atomic mass is 9.90. The van der Waals surface area contributed by atoms with Gasteiger partial charge in [-0.05, 0) is 18.6 Å². The zero-order chi connectivity index (χ0) is 14.6. The number of hydrogen-bond acceptors (Lipinski definition) is 3. The lowest BCUT2D eigenvalue weighted by molar-refractivity contribution is 0.0696. The molecule has 102 valence electrons. The number of nitrogens with zero attached hydrogens (tertiary/aromatic N) is 1. The molecule has 0 radical (unpaired) electrons. The van der Waals surface area contributed by atoms with E-state index in [9.17, 15) is 4.79 Å². The molecule has 0 aliphatic rings. The van der Waals surface area contributed by atoms with Gasteiger partial charge in [0.1, 0.15) is 5.82 Å². The van der Waals surface area contributed by atoms with Gasteiger partial charge in [-0.1, -0.05) is 33.6 Å². The lowest BCUT2D eigenvalue weighted by Crippen LogP contribution is -2.20. The number of hydrogen-bond donors (Lipinski definition) is 2. The van der Waals surface area contributed by atoms with Crippen molar-refractivity contribution >= 4 is 11.8 Å². The Morgan fingerprint density at radius 1 is 1.53 bits per heavy atom. The molecule has 0 saturated carbocycles. The first-order chi connectivity index (χ1) is 8.77. The third kappa shape index (κ3) is 3.99. The Morgan fingerprint density at radius 3 is 2.58 bits per heavy atom. The van der Waals surface area contributed by atoms with Gasteiger partial charge in [0.25, 0.3) is 0 Å². The quantitative estimate of drug-likeness (QED) is 0.817. The number of carbonyl (C=O) groups is 1. The topological polar surface area (TPSA) is 62.2 Å². The fourth-order valence-corrected chi connectivity index (χ4v) is 1.55. The number of terminal acetylenes is 1. The number of pyridine rings is 1. The predicted octanol–water partition coefficient (Wildman–Crippen LogP) is 2.90. The van der Waals surface area contributed by atoms with Crippen LogP contribution in [-0.2, 0) is 5.41 Å². The van der Waals surface area contributed by atoms with Gasteiger partial charge in [0, 0.05) is 11.1 Å². The van der Waals surface area contributed by atoms with E-state index in [2.05, 4.69) is 16.2 Å². The zero-order valence-electron chi connectivity index (χ0n) is 11.8. The minimum absolute atomic E-state index is 0.149. The highest BCUT2D eigenvalue weighted by atomic mass is 16.4. The summed E-state index contributed by atoms with van der Waals surface area (Å²) in [6.45, 7) is 7.93. The largest absolute Gasteiger partial charge is 0.478 e. The normalized spacial score (nSPS) is 12.6. The molecule has 0 saturated heterocycles. The van der Waals surface area contributed by atoms with Crippen LogP contribution in [0.4, 0.5) is 5.82 Å². The Bertz CT molecular complexity index is 510. The Morgan fingerprint density at radius 2 is 2.16 bits per heavy atom. The van der Waals surface area contributed by atoms with Crippen LogP contribution in [-0.4, -0.2) is 22.1 Å². The summed E-state index contributed by atoms with van der Waals surface area (Å²) < 4.78 is 0. The molecule has 0 bridgehead atoms. The van der Waals surface area contributed by atoms with Crippen LogP contribution in [0, 0.1) is 12.3 Å². The molecule has 1 atom stereocenters. The van der Waals surface area contributed by atoms with Gasteiger partial charge in [-0.25, -0.2) is 9.78 Å². The Kier molecular flexibility index (Phi) is 4.55. The number of carboxylic acids is 1. The van der Waals surface area contributed by atoms with E-state index in [0.29, 0.717) is 5.82 Å². The summed E-state index contributed by atoms with van der Waals surface area (Å²) in [7, 11) is 0. The van der Waals surface area contributed by atoms with Gasteiger partial charge >= 0.3 is 5.97 Å². The van der Waals surface area contributed by atoms with E-state index in [-0.39, 0.29) is 17.0 Å². The molecule has 1 rings (SSSR count). The summed E-state index contributed by atoms with van der Waals surface area (Å²) in [6, 6.07) is 2.96. The van der Waals surface area contributed by atoms with Crippen molar-refractivity contribution < 1.29 is 9.90 Å². The van der Waals surface area contributed by atoms with Crippen LogP contribution in [0.5, 0.6) is 0 Å². The summed E-state index contributed by atoms with van der Waals surface area (Å²) in [4.78, 5) is 15.6. The van der Waals surface area contributed by atoms with Crippen LogP contribution < -0.4 is 5.32 Å². The minimum atomic E-state index is -0.968.